The molecule has 4 rings (SSSR count). The lowest BCUT2D eigenvalue weighted by molar-refractivity contribution is 0.0383. The second-order valence-electron chi connectivity index (χ2n) is 7.10. The fourth-order valence-electron chi connectivity index (χ4n) is 3.47. The zero-order valence-corrected chi connectivity index (χ0v) is 17.1. The number of aromatic nitrogens is 2. The van der Waals surface area contributed by atoms with Crippen LogP contribution in [0.15, 0.2) is 60.7 Å². The number of amides is 1. The Hall–Kier alpha value is -3.16. The number of nitrogens with zero attached hydrogens (tertiary/aromatic N) is 3. The minimum Gasteiger partial charge on any atom is -0.497 e. The highest BCUT2D eigenvalue weighted by Gasteiger charge is 2.17. The van der Waals surface area contributed by atoms with Crippen molar-refractivity contribution in [1.82, 2.24) is 20.0 Å². The van der Waals surface area contributed by atoms with Crippen molar-refractivity contribution in [3.05, 3.63) is 66.4 Å². The van der Waals surface area contributed by atoms with Gasteiger partial charge < -0.3 is 14.8 Å². The van der Waals surface area contributed by atoms with Gasteiger partial charge in [-0.3, -0.25) is 9.69 Å². The van der Waals surface area contributed by atoms with E-state index >= 15 is 0 Å². The van der Waals surface area contributed by atoms with Gasteiger partial charge in [-0.2, -0.15) is 5.10 Å². The largest absolute Gasteiger partial charge is 0.497 e. The Morgan fingerprint density at radius 3 is 2.53 bits per heavy atom. The van der Waals surface area contributed by atoms with Gasteiger partial charge >= 0.3 is 0 Å². The minimum atomic E-state index is -0.173. The molecule has 0 saturated carbocycles. The first-order valence-electron chi connectivity index (χ1n) is 10.1. The standard InChI is InChI=1S/C23H26N4O3/c1-29-20-9-7-19(8-10-20)27-22(18-5-3-2-4-6-18)17-21(25-27)23(28)24-11-12-26-13-15-30-16-14-26/h2-10,17H,11-16H2,1H3,(H,24,28). The van der Waals surface area contributed by atoms with Crippen molar-refractivity contribution in [2.75, 3.05) is 46.5 Å². The summed E-state index contributed by atoms with van der Waals surface area (Å²) in [5.41, 5.74) is 3.11. The van der Waals surface area contributed by atoms with Crippen molar-refractivity contribution < 1.29 is 14.3 Å². The van der Waals surface area contributed by atoms with Crippen LogP contribution < -0.4 is 10.1 Å². The summed E-state index contributed by atoms with van der Waals surface area (Å²) in [5, 5.41) is 7.60. The highest BCUT2D eigenvalue weighted by atomic mass is 16.5. The molecule has 0 aliphatic carbocycles. The first-order valence-corrected chi connectivity index (χ1v) is 10.1. The highest BCUT2D eigenvalue weighted by Crippen LogP contribution is 2.25. The van der Waals surface area contributed by atoms with Crippen LogP contribution in [0.5, 0.6) is 5.75 Å². The van der Waals surface area contributed by atoms with Crippen LogP contribution in [0, 0.1) is 0 Å². The van der Waals surface area contributed by atoms with E-state index in [4.69, 9.17) is 9.47 Å². The van der Waals surface area contributed by atoms with Crippen LogP contribution in [0.4, 0.5) is 0 Å². The quantitative estimate of drug-likeness (QED) is 0.653. The van der Waals surface area contributed by atoms with Gasteiger partial charge in [-0.1, -0.05) is 30.3 Å². The van der Waals surface area contributed by atoms with Gasteiger partial charge in [0.05, 0.1) is 31.7 Å². The van der Waals surface area contributed by atoms with Crippen LogP contribution in [-0.4, -0.2) is 67.1 Å². The molecule has 0 radical (unpaired) electrons. The molecule has 0 bridgehead atoms. The third-order valence-electron chi connectivity index (χ3n) is 5.15. The molecule has 1 saturated heterocycles. The molecule has 7 heteroatoms. The molecule has 1 fully saturated rings. The van der Waals surface area contributed by atoms with Crippen LogP contribution in [0.25, 0.3) is 16.9 Å². The average molecular weight is 406 g/mol. The molecule has 2 aromatic carbocycles. The number of hydrogen-bond acceptors (Lipinski definition) is 5. The summed E-state index contributed by atoms with van der Waals surface area (Å²) in [6.45, 7) is 4.69. The second-order valence-corrected chi connectivity index (χ2v) is 7.10. The first kappa shape index (κ1) is 20.1. The Bertz CT molecular complexity index is 964. The summed E-state index contributed by atoms with van der Waals surface area (Å²) in [5.74, 6) is 0.598. The van der Waals surface area contributed by atoms with Crippen LogP contribution >= 0.6 is 0 Å². The second kappa shape index (κ2) is 9.56. The average Bonchev–Trinajstić information content (AvgIpc) is 3.26. The predicted molar refractivity (Wildman–Crippen MR) is 115 cm³/mol. The normalized spacial score (nSPS) is 14.4. The van der Waals surface area contributed by atoms with Crippen molar-refractivity contribution in [1.29, 1.82) is 0 Å². The number of benzene rings is 2. The van der Waals surface area contributed by atoms with Crippen molar-refractivity contribution in [3.63, 3.8) is 0 Å². The SMILES string of the molecule is COc1ccc(-n2nc(C(=O)NCCN3CCOCC3)cc2-c2ccccc2)cc1. The van der Waals surface area contributed by atoms with Crippen molar-refractivity contribution in [3.8, 4) is 22.7 Å². The van der Waals surface area contributed by atoms with Crippen LogP contribution in [-0.2, 0) is 4.74 Å². The third-order valence-corrected chi connectivity index (χ3v) is 5.15. The molecule has 30 heavy (non-hydrogen) atoms. The minimum absolute atomic E-state index is 0.173. The molecule has 3 aromatic rings. The highest BCUT2D eigenvalue weighted by molar-refractivity contribution is 5.93. The Morgan fingerprint density at radius 1 is 1.10 bits per heavy atom. The summed E-state index contributed by atoms with van der Waals surface area (Å²) in [7, 11) is 1.64. The number of hydrogen-bond donors (Lipinski definition) is 1. The van der Waals surface area contributed by atoms with Gasteiger partial charge in [-0.15, -0.1) is 0 Å². The number of rotatable bonds is 7. The molecule has 1 N–H and O–H groups in total. The van der Waals surface area contributed by atoms with Crippen LogP contribution in [0.3, 0.4) is 0 Å². The van der Waals surface area contributed by atoms with E-state index in [9.17, 15) is 4.79 Å². The van der Waals surface area contributed by atoms with Gasteiger partial charge in [0, 0.05) is 31.7 Å². The van der Waals surface area contributed by atoms with Crippen molar-refractivity contribution >= 4 is 5.91 Å². The van der Waals surface area contributed by atoms with E-state index in [1.54, 1.807) is 11.8 Å². The lowest BCUT2D eigenvalue weighted by Crippen LogP contribution is -2.41. The maximum absolute atomic E-state index is 12.8. The topological polar surface area (TPSA) is 68.6 Å². The molecule has 1 aliphatic rings. The number of methoxy groups -OCH3 is 1. The summed E-state index contributed by atoms with van der Waals surface area (Å²) < 4.78 is 12.4. The number of carbonyl (C=O) groups excluding carboxylic acids is 1. The van der Waals surface area contributed by atoms with Crippen molar-refractivity contribution in [2.24, 2.45) is 0 Å². The lowest BCUT2D eigenvalue weighted by Gasteiger charge is -2.26. The van der Waals surface area contributed by atoms with Gasteiger partial charge in [-0.25, -0.2) is 4.68 Å². The van der Waals surface area contributed by atoms with Crippen LogP contribution in [0.1, 0.15) is 10.5 Å². The van der Waals surface area contributed by atoms with E-state index in [0.29, 0.717) is 12.2 Å². The van der Waals surface area contributed by atoms with Gasteiger partial charge in [0.2, 0.25) is 0 Å². The lowest BCUT2D eigenvalue weighted by atomic mass is 10.1. The zero-order valence-electron chi connectivity index (χ0n) is 17.1. The molecule has 1 aliphatic heterocycles. The van der Waals surface area contributed by atoms with Crippen molar-refractivity contribution in [2.45, 2.75) is 0 Å². The summed E-state index contributed by atoms with van der Waals surface area (Å²) in [6.07, 6.45) is 0. The molecular weight excluding hydrogens is 380 g/mol. The molecule has 0 spiro atoms. The van der Waals surface area contributed by atoms with Gasteiger partial charge in [0.15, 0.2) is 5.69 Å². The zero-order chi connectivity index (χ0) is 20.8. The Morgan fingerprint density at radius 2 is 1.83 bits per heavy atom. The monoisotopic (exact) mass is 406 g/mol. The van der Waals surface area contributed by atoms with E-state index in [1.165, 1.54) is 0 Å². The third kappa shape index (κ3) is 4.69. The fourth-order valence-corrected chi connectivity index (χ4v) is 3.47. The number of morpholine rings is 1. The maximum Gasteiger partial charge on any atom is 0.271 e. The maximum atomic E-state index is 12.8. The molecule has 7 nitrogen and oxygen atoms in total. The van der Waals surface area contributed by atoms with E-state index in [-0.39, 0.29) is 5.91 Å². The molecule has 0 unspecified atom stereocenters. The molecular formula is C23H26N4O3. The van der Waals surface area contributed by atoms with E-state index in [2.05, 4.69) is 15.3 Å². The van der Waals surface area contributed by atoms with E-state index in [0.717, 1.165) is 55.5 Å². The molecule has 1 amide bonds. The Labute approximate surface area is 176 Å². The van der Waals surface area contributed by atoms with E-state index < -0.39 is 0 Å². The Kier molecular flexibility index (Phi) is 6.41. The van der Waals surface area contributed by atoms with Gasteiger partial charge in [-0.05, 0) is 30.3 Å². The number of carbonyl (C=O) groups is 1. The predicted octanol–water partition coefficient (Wildman–Crippen LogP) is 2.61. The summed E-state index contributed by atoms with van der Waals surface area (Å²) in [6, 6.07) is 19.4. The number of ether oxygens (including phenoxy) is 2. The summed E-state index contributed by atoms with van der Waals surface area (Å²) in [4.78, 5) is 15.1. The van der Waals surface area contributed by atoms with Gasteiger partial charge in [0.25, 0.3) is 5.91 Å². The molecule has 1 aromatic heterocycles. The van der Waals surface area contributed by atoms with Gasteiger partial charge in [0.1, 0.15) is 5.75 Å². The Balaban J connectivity index is 1.54. The van der Waals surface area contributed by atoms with Crippen LogP contribution in [0.2, 0.25) is 0 Å². The smallest absolute Gasteiger partial charge is 0.271 e. The molecule has 0 atom stereocenters. The van der Waals surface area contributed by atoms with E-state index in [1.807, 2.05) is 60.7 Å². The summed E-state index contributed by atoms with van der Waals surface area (Å²) >= 11 is 0. The number of nitrogens with one attached hydrogen (secondary N) is 1. The molecule has 156 valence electrons. The fraction of sp³-hybridized carbons (Fsp3) is 0.304. The molecule has 2 heterocycles. The first-order chi connectivity index (χ1) is 14.7.